The molecule has 18 heavy (non-hydrogen) atoms. The van der Waals surface area contributed by atoms with Gasteiger partial charge in [-0.15, -0.1) is 0 Å². The van der Waals surface area contributed by atoms with Crippen molar-refractivity contribution in [3.8, 4) is 0 Å². The van der Waals surface area contributed by atoms with Crippen molar-refractivity contribution in [3.63, 3.8) is 0 Å². The lowest BCUT2D eigenvalue weighted by molar-refractivity contribution is 0.0948. The third-order valence-corrected chi connectivity index (χ3v) is 2.89. The molecule has 98 valence electrons. The normalized spacial score (nSPS) is 15.5. The molecule has 0 bridgehead atoms. The Hall–Kier alpha value is -1.62. The number of ether oxygens (including phenoxy) is 1. The first-order chi connectivity index (χ1) is 8.81. The number of anilines is 1. The molecule has 5 heteroatoms. The van der Waals surface area contributed by atoms with Crippen LogP contribution in [0.5, 0.6) is 0 Å². The van der Waals surface area contributed by atoms with Crippen LogP contribution in [0, 0.1) is 0 Å². The minimum atomic E-state index is -0.105. The Bertz CT molecular complexity index is 403. The Kier molecular flexibility index (Phi) is 4.52. The van der Waals surface area contributed by atoms with Gasteiger partial charge in [0.05, 0.1) is 13.2 Å². The largest absolute Gasteiger partial charge is 0.378 e. The molecule has 2 heterocycles. The molecule has 1 aliphatic rings. The second-order valence-corrected chi connectivity index (χ2v) is 4.25. The number of carbonyl (C=O) groups excluding carboxylic acids is 1. The first-order valence-electron chi connectivity index (χ1n) is 6.38. The van der Waals surface area contributed by atoms with Gasteiger partial charge in [0.1, 0.15) is 5.69 Å². The van der Waals surface area contributed by atoms with Gasteiger partial charge >= 0.3 is 0 Å². The smallest absolute Gasteiger partial charge is 0.269 e. The first kappa shape index (κ1) is 12.8. The highest BCUT2D eigenvalue weighted by Crippen LogP contribution is 2.15. The SMILES string of the molecule is CCCNC(=O)c1cc(N2CCOCC2)ccn1. The van der Waals surface area contributed by atoms with E-state index in [-0.39, 0.29) is 5.91 Å². The fraction of sp³-hybridized carbons (Fsp3) is 0.538. The number of rotatable bonds is 4. The fourth-order valence-corrected chi connectivity index (χ4v) is 1.89. The van der Waals surface area contributed by atoms with Gasteiger partial charge in [-0.2, -0.15) is 0 Å². The van der Waals surface area contributed by atoms with Gasteiger partial charge in [-0.3, -0.25) is 9.78 Å². The van der Waals surface area contributed by atoms with E-state index in [9.17, 15) is 4.79 Å². The van der Waals surface area contributed by atoms with E-state index in [4.69, 9.17) is 4.74 Å². The molecule has 1 amide bonds. The van der Waals surface area contributed by atoms with Crippen LogP contribution < -0.4 is 10.2 Å². The highest BCUT2D eigenvalue weighted by atomic mass is 16.5. The minimum Gasteiger partial charge on any atom is -0.378 e. The van der Waals surface area contributed by atoms with Crippen LogP contribution in [0.25, 0.3) is 0 Å². The summed E-state index contributed by atoms with van der Waals surface area (Å²) in [6.45, 7) is 5.90. The highest BCUT2D eigenvalue weighted by Gasteiger charge is 2.13. The average molecular weight is 249 g/mol. The van der Waals surface area contributed by atoms with Crippen LogP contribution in [-0.4, -0.2) is 43.7 Å². The fourth-order valence-electron chi connectivity index (χ4n) is 1.89. The van der Waals surface area contributed by atoms with Crippen LogP contribution >= 0.6 is 0 Å². The Morgan fingerprint density at radius 1 is 1.50 bits per heavy atom. The zero-order valence-corrected chi connectivity index (χ0v) is 10.7. The van der Waals surface area contributed by atoms with Gasteiger partial charge in [0, 0.05) is 31.5 Å². The lowest BCUT2D eigenvalue weighted by Gasteiger charge is -2.28. The Morgan fingerprint density at radius 3 is 3.00 bits per heavy atom. The molecular weight excluding hydrogens is 230 g/mol. The molecule has 1 N–H and O–H groups in total. The van der Waals surface area contributed by atoms with Crippen molar-refractivity contribution in [2.45, 2.75) is 13.3 Å². The van der Waals surface area contributed by atoms with Crippen molar-refractivity contribution in [1.82, 2.24) is 10.3 Å². The molecule has 1 fully saturated rings. The second-order valence-electron chi connectivity index (χ2n) is 4.25. The molecule has 0 atom stereocenters. The molecule has 1 saturated heterocycles. The van der Waals surface area contributed by atoms with Crippen molar-refractivity contribution >= 4 is 11.6 Å². The zero-order valence-electron chi connectivity index (χ0n) is 10.7. The summed E-state index contributed by atoms with van der Waals surface area (Å²) in [5, 5.41) is 2.83. The van der Waals surface area contributed by atoms with Crippen molar-refractivity contribution in [2.24, 2.45) is 0 Å². The van der Waals surface area contributed by atoms with Crippen molar-refractivity contribution in [1.29, 1.82) is 0 Å². The van der Waals surface area contributed by atoms with Gasteiger partial charge in [-0.25, -0.2) is 0 Å². The number of hydrogen-bond acceptors (Lipinski definition) is 4. The van der Waals surface area contributed by atoms with E-state index < -0.39 is 0 Å². The summed E-state index contributed by atoms with van der Waals surface area (Å²) in [6, 6.07) is 3.78. The van der Waals surface area contributed by atoms with Crippen LogP contribution in [0.4, 0.5) is 5.69 Å². The van der Waals surface area contributed by atoms with E-state index in [0.717, 1.165) is 38.4 Å². The number of hydrogen-bond donors (Lipinski definition) is 1. The van der Waals surface area contributed by atoms with Crippen LogP contribution in [-0.2, 0) is 4.74 Å². The molecule has 0 aliphatic carbocycles. The predicted octanol–water partition coefficient (Wildman–Crippen LogP) is 1.06. The quantitative estimate of drug-likeness (QED) is 0.867. The summed E-state index contributed by atoms with van der Waals surface area (Å²) < 4.78 is 5.32. The third kappa shape index (κ3) is 3.20. The Balaban J connectivity index is 2.06. The van der Waals surface area contributed by atoms with E-state index in [1.165, 1.54) is 0 Å². The number of carbonyl (C=O) groups is 1. The second kappa shape index (κ2) is 6.35. The summed E-state index contributed by atoms with van der Waals surface area (Å²) in [7, 11) is 0. The lowest BCUT2D eigenvalue weighted by Crippen LogP contribution is -2.36. The van der Waals surface area contributed by atoms with Crippen molar-refractivity contribution in [3.05, 3.63) is 24.0 Å². The molecule has 5 nitrogen and oxygen atoms in total. The van der Waals surface area contributed by atoms with Crippen LogP contribution in [0.1, 0.15) is 23.8 Å². The molecule has 1 aromatic heterocycles. The van der Waals surface area contributed by atoms with E-state index in [0.29, 0.717) is 12.2 Å². The van der Waals surface area contributed by atoms with Crippen LogP contribution in [0.15, 0.2) is 18.3 Å². The lowest BCUT2D eigenvalue weighted by atomic mass is 10.2. The molecule has 0 aromatic carbocycles. The van der Waals surface area contributed by atoms with E-state index in [1.54, 1.807) is 6.20 Å². The van der Waals surface area contributed by atoms with E-state index in [1.807, 2.05) is 19.1 Å². The van der Waals surface area contributed by atoms with Gasteiger partial charge in [0.15, 0.2) is 0 Å². The summed E-state index contributed by atoms with van der Waals surface area (Å²) >= 11 is 0. The predicted molar refractivity (Wildman–Crippen MR) is 69.9 cm³/mol. The summed E-state index contributed by atoms with van der Waals surface area (Å²) in [4.78, 5) is 18.1. The number of nitrogens with zero attached hydrogens (tertiary/aromatic N) is 2. The number of morpholine rings is 1. The molecule has 1 aromatic rings. The molecule has 1 aliphatic heterocycles. The Morgan fingerprint density at radius 2 is 2.28 bits per heavy atom. The van der Waals surface area contributed by atoms with Crippen LogP contribution in [0.3, 0.4) is 0 Å². The van der Waals surface area contributed by atoms with Crippen LogP contribution in [0.2, 0.25) is 0 Å². The topological polar surface area (TPSA) is 54.5 Å². The average Bonchev–Trinajstić information content (AvgIpc) is 2.46. The third-order valence-electron chi connectivity index (χ3n) is 2.89. The first-order valence-corrected chi connectivity index (χ1v) is 6.38. The van der Waals surface area contributed by atoms with Crippen molar-refractivity contribution < 1.29 is 9.53 Å². The summed E-state index contributed by atoms with van der Waals surface area (Å²) in [5.41, 5.74) is 1.52. The molecule has 0 saturated carbocycles. The maximum Gasteiger partial charge on any atom is 0.269 e. The number of nitrogens with one attached hydrogen (secondary N) is 1. The molecule has 0 unspecified atom stereocenters. The van der Waals surface area contributed by atoms with Gasteiger partial charge in [0.2, 0.25) is 0 Å². The van der Waals surface area contributed by atoms with Gasteiger partial charge < -0.3 is 15.0 Å². The maximum atomic E-state index is 11.8. The molecule has 0 radical (unpaired) electrons. The maximum absolute atomic E-state index is 11.8. The molecule has 0 spiro atoms. The summed E-state index contributed by atoms with van der Waals surface area (Å²) in [5.74, 6) is -0.105. The van der Waals surface area contributed by atoms with Gasteiger partial charge in [-0.05, 0) is 18.6 Å². The van der Waals surface area contributed by atoms with Gasteiger partial charge in [-0.1, -0.05) is 6.92 Å². The van der Waals surface area contributed by atoms with E-state index >= 15 is 0 Å². The monoisotopic (exact) mass is 249 g/mol. The standard InChI is InChI=1S/C13H19N3O2/c1-2-4-15-13(17)12-10-11(3-5-14-12)16-6-8-18-9-7-16/h3,5,10H,2,4,6-9H2,1H3,(H,15,17). The highest BCUT2D eigenvalue weighted by molar-refractivity contribution is 5.93. The number of pyridine rings is 1. The number of aromatic nitrogens is 1. The molecular formula is C13H19N3O2. The Labute approximate surface area is 107 Å². The van der Waals surface area contributed by atoms with Gasteiger partial charge in [0.25, 0.3) is 5.91 Å². The minimum absolute atomic E-state index is 0.105. The molecule has 2 rings (SSSR count). The zero-order chi connectivity index (χ0) is 12.8. The van der Waals surface area contributed by atoms with Crippen molar-refractivity contribution in [2.75, 3.05) is 37.7 Å². The number of amides is 1. The van der Waals surface area contributed by atoms with E-state index in [2.05, 4.69) is 15.2 Å². The summed E-state index contributed by atoms with van der Waals surface area (Å²) in [6.07, 6.45) is 2.61.